The molecule has 2 N–H and O–H groups in total. The number of nitrogens with two attached hydrogens (primary N) is 1. The zero-order valence-corrected chi connectivity index (χ0v) is 12.2. The van der Waals surface area contributed by atoms with Crippen molar-refractivity contribution in [2.24, 2.45) is 11.7 Å². The lowest BCUT2D eigenvalue weighted by Gasteiger charge is -2.33. The molecule has 1 aliphatic carbocycles. The number of nitro benzene ring substituents is 1. The zero-order valence-electron chi connectivity index (χ0n) is 12.2. The highest BCUT2D eigenvalue weighted by molar-refractivity contribution is 5.65. The molecule has 0 heterocycles. The van der Waals surface area contributed by atoms with Gasteiger partial charge in [-0.15, -0.1) is 0 Å². The SMILES string of the molecule is CCN(c1cc(C)ccc1[N+](=O)[O-])C1CCCC1CN. The third-order valence-electron chi connectivity index (χ3n) is 4.30. The first-order valence-corrected chi connectivity index (χ1v) is 7.30. The summed E-state index contributed by atoms with van der Waals surface area (Å²) in [6.07, 6.45) is 3.35. The van der Waals surface area contributed by atoms with Gasteiger partial charge in [0, 0.05) is 18.7 Å². The number of nitro groups is 1. The van der Waals surface area contributed by atoms with E-state index in [9.17, 15) is 10.1 Å². The summed E-state index contributed by atoms with van der Waals surface area (Å²) in [6.45, 7) is 5.44. The van der Waals surface area contributed by atoms with Gasteiger partial charge in [-0.25, -0.2) is 0 Å². The summed E-state index contributed by atoms with van der Waals surface area (Å²) < 4.78 is 0. The molecular formula is C15H23N3O2. The molecule has 0 radical (unpaired) electrons. The largest absolute Gasteiger partial charge is 0.363 e. The van der Waals surface area contributed by atoms with Crippen LogP contribution in [0, 0.1) is 23.0 Å². The predicted molar refractivity (Wildman–Crippen MR) is 81.0 cm³/mol. The molecule has 2 unspecified atom stereocenters. The maximum Gasteiger partial charge on any atom is 0.292 e. The Morgan fingerprint density at radius 2 is 2.20 bits per heavy atom. The second-order valence-corrected chi connectivity index (χ2v) is 5.53. The Kier molecular flexibility index (Phi) is 4.60. The second-order valence-electron chi connectivity index (χ2n) is 5.53. The van der Waals surface area contributed by atoms with Crippen LogP contribution in [0.3, 0.4) is 0 Å². The fourth-order valence-electron chi connectivity index (χ4n) is 3.30. The molecule has 0 bridgehead atoms. The van der Waals surface area contributed by atoms with Crippen LogP contribution >= 0.6 is 0 Å². The summed E-state index contributed by atoms with van der Waals surface area (Å²) in [7, 11) is 0. The van der Waals surface area contributed by atoms with Gasteiger partial charge in [0.25, 0.3) is 5.69 Å². The van der Waals surface area contributed by atoms with Gasteiger partial charge in [-0.2, -0.15) is 0 Å². The van der Waals surface area contributed by atoms with Crippen molar-refractivity contribution in [3.8, 4) is 0 Å². The van der Waals surface area contributed by atoms with Crippen LogP contribution in [0.2, 0.25) is 0 Å². The highest BCUT2D eigenvalue weighted by Crippen LogP contribution is 2.37. The quantitative estimate of drug-likeness (QED) is 0.663. The molecule has 5 heteroatoms. The highest BCUT2D eigenvalue weighted by Gasteiger charge is 2.33. The first kappa shape index (κ1) is 14.8. The van der Waals surface area contributed by atoms with Gasteiger partial charge in [0.1, 0.15) is 5.69 Å². The van der Waals surface area contributed by atoms with Crippen molar-refractivity contribution in [3.05, 3.63) is 33.9 Å². The molecule has 1 fully saturated rings. The van der Waals surface area contributed by atoms with E-state index in [0.717, 1.165) is 37.1 Å². The highest BCUT2D eigenvalue weighted by atomic mass is 16.6. The average Bonchev–Trinajstić information content (AvgIpc) is 2.87. The average molecular weight is 277 g/mol. The van der Waals surface area contributed by atoms with Gasteiger partial charge >= 0.3 is 0 Å². The third kappa shape index (κ3) is 2.77. The van der Waals surface area contributed by atoms with Crippen LogP contribution in [0.25, 0.3) is 0 Å². The molecule has 2 atom stereocenters. The third-order valence-corrected chi connectivity index (χ3v) is 4.30. The van der Waals surface area contributed by atoms with Crippen LogP contribution in [-0.2, 0) is 0 Å². The van der Waals surface area contributed by atoms with E-state index in [1.165, 1.54) is 0 Å². The van der Waals surface area contributed by atoms with Gasteiger partial charge in [-0.1, -0.05) is 12.5 Å². The molecule has 0 aromatic heterocycles. The maximum atomic E-state index is 11.3. The summed E-state index contributed by atoms with van der Waals surface area (Å²) in [4.78, 5) is 13.2. The molecule has 2 rings (SSSR count). The van der Waals surface area contributed by atoms with Gasteiger partial charge in [-0.05, 0) is 50.8 Å². The lowest BCUT2D eigenvalue weighted by Crippen LogP contribution is -2.40. The van der Waals surface area contributed by atoms with Crippen molar-refractivity contribution < 1.29 is 4.92 Å². The molecule has 1 aromatic rings. The molecule has 1 saturated carbocycles. The van der Waals surface area contributed by atoms with Gasteiger partial charge in [-0.3, -0.25) is 10.1 Å². The smallest absolute Gasteiger partial charge is 0.292 e. The Balaban J connectivity index is 2.40. The zero-order chi connectivity index (χ0) is 14.7. The number of hydrogen-bond acceptors (Lipinski definition) is 4. The Labute approximate surface area is 119 Å². The molecule has 110 valence electrons. The number of aryl methyl sites for hydroxylation is 1. The predicted octanol–water partition coefficient (Wildman–Crippen LogP) is 2.86. The van der Waals surface area contributed by atoms with Crippen LogP contribution in [-0.4, -0.2) is 24.1 Å². The topological polar surface area (TPSA) is 72.4 Å². The van der Waals surface area contributed by atoms with E-state index in [2.05, 4.69) is 11.8 Å². The maximum absolute atomic E-state index is 11.3. The van der Waals surface area contributed by atoms with Crippen molar-refractivity contribution in [1.82, 2.24) is 0 Å². The molecule has 0 aliphatic heterocycles. The molecule has 20 heavy (non-hydrogen) atoms. The molecule has 1 aliphatic rings. The van der Waals surface area contributed by atoms with Crippen LogP contribution in [0.1, 0.15) is 31.7 Å². The Hall–Kier alpha value is -1.62. The van der Waals surface area contributed by atoms with Gasteiger partial charge < -0.3 is 10.6 Å². The summed E-state index contributed by atoms with van der Waals surface area (Å²) in [5.41, 5.74) is 7.84. The molecule has 5 nitrogen and oxygen atoms in total. The van der Waals surface area contributed by atoms with Crippen LogP contribution in [0.15, 0.2) is 18.2 Å². The molecule has 0 saturated heterocycles. The minimum Gasteiger partial charge on any atom is -0.363 e. The second kappa shape index (κ2) is 6.22. The van der Waals surface area contributed by atoms with E-state index in [-0.39, 0.29) is 10.6 Å². The first-order valence-electron chi connectivity index (χ1n) is 7.30. The van der Waals surface area contributed by atoms with Crippen molar-refractivity contribution in [2.75, 3.05) is 18.0 Å². The monoisotopic (exact) mass is 277 g/mol. The van der Waals surface area contributed by atoms with Crippen molar-refractivity contribution in [2.45, 2.75) is 39.2 Å². The normalized spacial score (nSPS) is 21.9. The number of hydrogen-bond donors (Lipinski definition) is 1. The van der Waals surface area contributed by atoms with Crippen LogP contribution in [0.4, 0.5) is 11.4 Å². The fourth-order valence-corrected chi connectivity index (χ4v) is 3.30. The standard InChI is InChI=1S/C15H23N3O2/c1-3-17(13-6-4-5-12(13)10-16)15-9-11(2)7-8-14(15)18(19)20/h7-9,12-13H,3-6,10,16H2,1-2H3. The Bertz CT molecular complexity index is 490. The number of benzene rings is 1. The summed E-state index contributed by atoms with van der Waals surface area (Å²) in [5, 5.41) is 11.3. The number of rotatable bonds is 5. The van der Waals surface area contributed by atoms with Gasteiger partial charge in [0.05, 0.1) is 4.92 Å². The van der Waals surface area contributed by atoms with Crippen molar-refractivity contribution >= 4 is 11.4 Å². The summed E-state index contributed by atoms with van der Waals surface area (Å²) in [5.74, 6) is 0.440. The number of nitrogens with zero attached hydrogens (tertiary/aromatic N) is 2. The molecule has 0 spiro atoms. The van der Waals surface area contributed by atoms with Crippen LogP contribution < -0.4 is 10.6 Å². The van der Waals surface area contributed by atoms with Crippen molar-refractivity contribution in [1.29, 1.82) is 0 Å². The van der Waals surface area contributed by atoms with Crippen molar-refractivity contribution in [3.63, 3.8) is 0 Å². The van der Waals surface area contributed by atoms with E-state index < -0.39 is 0 Å². The van der Waals surface area contributed by atoms with Crippen LogP contribution in [0.5, 0.6) is 0 Å². The van der Waals surface area contributed by atoms with E-state index in [4.69, 9.17) is 5.73 Å². The van der Waals surface area contributed by atoms with E-state index in [0.29, 0.717) is 18.5 Å². The lowest BCUT2D eigenvalue weighted by molar-refractivity contribution is -0.384. The van der Waals surface area contributed by atoms with E-state index >= 15 is 0 Å². The minimum absolute atomic E-state index is 0.195. The van der Waals surface area contributed by atoms with E-state index in [1.807, 2.05) is 13.0 Å². The minimum atomic E-state index is -0.288. The summed E-state index contributed by atoms with van der Waals surface area (Å²) in [6, 6.07) is 5.66. The van der Waals surface area contributed by atoms with E-state index in [1.54, 1.807) is 12.1 Å². The molecular weight excluding hydrogens is 254 g/mol. The first-order chi connectivity index (χ1) is 9.58. The van der Waals surface area contributed by atoms with Gasteiger partial charge in [0.15, 0.2) is 0 Å². The van der Waals surface area contributed by atoms with Gasteiger partial charge in [0.2, 0.25) is 0 Å². The lowest BCUT2D eigenvalue weighted by atomic mass is 10.0. The Morgan fingerprint density at radius 3 is 2.80 bits per heavy atom. The summed E-state index contributed by atoms with van der Waals surface area (Å²) >= 11 is 0. The molecule has 0 amide bonds. The Morgan fingerprint density at radius 1 is 1.45 bits per heavy atom. The molecule has 1 aromatic carbocycles. The number of anilines is 1. The fraction of sp³-hybridized carbons (Fsp3) is 0.600.